The Morgan fingerprint density at radius 1 is 0.298 bits per heavy atom. The lowest BCUT2D eigenvalue weighted by atomic mass is 9.88. The molecule has 0 amide bonds. The predicted octanol–water partition coefficient (Wildman–Crippen LogP) is 15.9. The number of hydrogen-bond acceptors (Lipinski definition) is 1. The molecule has 1 heteroatoms. The first kappa shape index (κ1) is 24.8. The lowest BCUT2D eigenvalue weighted by Crippen LogP contribution is -2.10. The van der Waals surface area contributed by atoms with Crippen molar-refractivity contribution in [3.63, 3.8) is 0 Å². The van der Waals surface area contributed by atoms with Gasteiger partial charge in [-0.3, -0.25) is 0 Å². The van der Waals surface area contributed by atoms with Gasteiger partial charge in [0, 0.05) is 17.1 Å². The molecule has 0 atom stereocenters. The highest BCUT2D eigenvalue weighted by atomic mass is 15.1. The molecule has 1 nitrogen and oxygen atoms in total. The van der Waals surface area contributed by atoms with Crippen LogP contribution in [0.1, 0.15) is 12.3 Å². The largest absolute Gasteiger partial charge is 0.310 e. The van der Waals surface area contributed by atoms with Crippen LogP contribution < -0.4 is 4.90 Å². The summed E-state index contributed by atoms with van der Waals surface area (Å²) in [5, 5.41) is 5.99. The molecule has 0 aliphatic heterocycles. The van der Waals surface area contributed by atoms with Gasteiger partial charge in [0.15, 0.2) is 0 Å². The molecule has 0 aliphatic carbocycles. The number of hydrogen-bond donors (Lipinski definition) is 0. The lowest BCUT2D eigenvalue weighted by molar-refractivity contribution is 1.29. The topological polar surface area (TPSA) is 3.24 Å². The summed E-state index contributed by atoms with van der Waals surface area (Å²) < 4.78 is 82.0. The van der Waals surface area contributed by atoms with E-state index in [-0.39, 0.29) is 39.3 Å². The first-order valence-corrected chi connectivity index (χ1v) is 18.9. The maximum absolute atomic E-state index is 10.0. The molecular weight excluding hydrogens is 687 g/mol. The molecule has 0 spiro atoms. The second kappa shape index (κ2) is 13.7. The second-order valence-electron chi connectivity index (χ2n) is 14.2. The van der Waals surface area contributed by atoms with Gasteiger partial charge in [-0.1, -0.05) is 182 Å². The van der Waals surface area contributed by atoms with E-state index in [2.05, 4.69) is 60.7 Å². The number of rotatable bonds is 6. The minimum atomic E-state index is -0.560. The number of benzene rings is 11. The van der Waals surface area contributed by atoms with Crippen molar-refractivity contribution in [2.24, 2.45) is 0 Å². The van der Waals surface area contributed by atoms with Gasteiger partial charge in [-0.2, -0.15) is 0 Å². The van der Waals surface area contributed by atoms with Crippen molar-refractivity contribution < 1.29 is 12.3 Å². The highest BCUT2D eigenvalue weighted by Crippen LogP contribution is 2.45. The minimum absolute atomic E-state index is 0.0147. The Balaban J connectivity index is 1.22. The minimum Gasteiger partial charge on any atom is -0.310 e. The predicted molar refractivity (Wildman–Crippen MR) is 245 cm³/mol. The molecule has 0 bridgehead atoms. The molecule has 266 valence electrons. The summed E-state index contributed by atoms with van der Waals surface area (Å²) in [7, 11) is 0. The second-order valence-corrected chi connectivity index (χ2v) is 14.2. The highest BCUT2D eigenvalue weighted by molar-refractivity contribution is 6.15. The maximum atomic E-state index is 10.0. The molecule has 0 fully saturated rings. The molecule has 0 unspecified atom stereocenters. The van der Waals surface area contributed by atoms with E-state index in [1.165, 1.54) is 0 Å². The van der Waals surface area contributed by atoms with Crippen molar-refractivity contribution in [3.05, 3.63) is 224 Å². The van der Waals surface area contributed by atoms with Crippen LogP contribution in [0.4, 0.5) is 17.1 Å². The molecular formula is C56H37N. The summed E-state index contributed by atoms with van der Waals surface area (Å²) in [6.45, 7) is 0. The third-order valence-electron chi connectivity index (χ3n) is 10.9. The van der Waals surface area contributed by atoms with E-state index in [0.29, 0.717) is 11.4 Å². The summed E-state index contributed by atoms with van der Waals surface area (Å²) in [6, 6.07) is 53.0. The van der Waals surface area contributed by atoms with Crippen molar-refractivity contribution in [2.45, 2.75) is 0 Å². The van der Waals surface area contributed by atoms with Gasteiger partial charge in [0.25, 0.3) is 0 Å². The van der Waals surface area contributed by atoms with Crippen LogP contribution in [0.3, 0.4) is 0 Å². The fourth-order valence-electron chi connectivity index (χ4n) is 8.22. The van der Waals surface area contributed by atoms with Crippen molar-refractivity contribution >= 4 is 70.9 Å². The normalized spacial score (nSPS) is 13.7. The number of anilines is 3. The summed E-state index contributed by atoms with van der Waals surface area (Å²) in [5.41, 5.74) is 6.88. The molecule has 0 saturated heterocycles. The van der Waals surface area contributed by atoms with Crippen LogP contribution in [-0.2, 0) is 0 Å². The number of nitrogens with zero attached hydrogens (tertiary/aromatic N) is 1. The van der Waals surface area contributed by atoms with Gasteiger partial charge in [0.05, 0.1) is 12.3 Å². The standard InChI is InChI=1S/C56H37N/c1-2-13-39(14-3-1)55-37-46(33-34-53(55)56-35-43-17-6-9-21-50(43)51-22-10-11-23-52(51)56)57(45-32-29-42-26-25-40-16-5-8-20-49(40)54(42)36-45)44-30-27-41(28-31-44)48-24-12-18-38-15-4-7-19-47(38)48/h1-37H/i5D,8D,16D,20D,25D,26D,29D,32D,36D. The van der Waals surface area contributed by atoms with Gasteiger partial charge in [-0.25, -0.2) is 0 Å². The van der Waals surface area contributed by atoms with Crippen LogP contribution in [0.2, 0.25) is 0 Å². The van der Waals surface area contributed by atoms with Crippen LogP contribution >= 0.6 is 0 Å². The summed E-state index contributed by atoms with van der Waals surface area (Å²) in [5.74, 6) is 0. The van der Waals surface area contributed by atoms with Gasteiger partial charge >= 0.3 is 0 Å². The monoisotopic (exact) mass is 732 g/mol. The first-order chi connectivity index (χ1) is 32.0. The molecule has 0 aliphatic rings. The van der Waals surface area contributed by atoms with Gasteiger partial charge in [0.2, 0.25) is 0 Å². The third-order valence-corrected chi connectivity index (χ3v) is 10.9. The Kier molecular flexibility index (Phi) is 5.96. The Morgan fingerprint density at radius 2 is 0.930 bits per heavy atom. The summed E-state index contributed by atoms with van der Waals surface area (Å²) in [6.07, 6.45) is 0. The lowest BCUT2D eigenvalue weighted by Gasteiger charge is -2.28. The number of fused-ring (bicyclic) bond motifs is 7. The van der Waals surface area contributed by atoms with Gasteiger partial charge in [-0.15, -0.1) is 0 Å². The Hall–Kier alpha value is -7.48. The molecule has 57 heavy (non-hydrogen) atoms. The molecule has 0 saturated carbocycles. The summed E-state index contributed by atoms with van der Waals surface area (Å²) in [4.78, 5) is 1.76. The average Bonchev–Trinajstić information content (AvgIpc) is 3.36. The highest BCUT2D eigenvalue weighted by Gasteiger charge is 2.19. The zero-order valence-corrected chi connectivity index (χ0v) is 30.6. The Morgan fingerprint density at radius 3 is 1.77 bits per heavy atom. The van der Waals surface area contributed by atoms with Crippen molar-refractivity contribution in [1.29, 1.82) is 0 Å². The average molecular weight is 733 g/mol. The smallest absolute Gasteiger partial charge is 0.0652 e. The summed E-state index contributed by atoms with van der Waals surface area (Å²) >= 11 is 0. The van der Waals surface area contributed by atoms with Crippen LogP contribution in [0.25, 0.3) is 87.2 Å². The SMILES string of the molecule is [2H]c1c([2H])c([2H])c2c(c1[2H])c([2H])c([2H])c1c([2H])c([2H])c(N(c3ccc(-c4cccc5ccccc45)cc3)c3ccc(-c4cc5ccccc5c5ccccc45)c(-c4ccccc4)c3)c([2H])c12. The maximum Gasteiger partial charge on any atom is 0.0652 e. The Bertz CT molecular complexity index is 3810. The molecule has 0 N–H and O–H groups in total. The quantitative estimate of drug-likeness (QED) is 0.154. The van der Waals surface area contributed by atoms with Crippen molar-refractivity contribution in [3.8, 4) is 33.4 Å². The van der Waals surface area contributed by atoms with Crippen molar-refractivity contribution in [1.82, 2.24) is 0 Å². The molecule has 11 rings (SSSR count). The van der Waals surface area contributed by atoms with Gasteiger partial charge < -0.3 is 4.90 Å². The van der Waals surface area contributed by atoms with E-state index >= 15 is 0 Å². The molecule has 0 heterocycles. The fraction of sp³-hybridized carbons (Fsp3) is 0. The van der Waals surface area contributed by atoms with Gasteiger partial charge in [0.1, 0.15) is 0 Å². The molecule has 0 radical (unpaired) electrons. The van der Waals surface area contributed by atoms with E-state index in [1.807, 2.05) is 109 Å². The molecule has 11 aromatic rings. The zero-order chi connectivity index (χ0) is 45.5. The van der Waals surface area contributed by atoms with Crippen LogP contribution in [-0.4, -0.2) is 0 Å². The van der Waals surface area contributed by atoms with E-state index in [1.54, 1.807) is 4.90 Å². The van der Waals surface area contributed by atoms with Gasteiger partial charge in [-0.05, 0) is 130 Å². The third kappa shape index (κ3) is 5.72. The van der Waals surface area contributed by atoms with E-state index in [9.17, 15) is 4.11 Å². The molecule has 11 aromatic carbocycles. The fourth-order valence-corrected chi connectivity index (χ4v) is 8.22. The van der Waals surface area contributed by atoms with Crippen LogP contribution in [0, 0.1) is 0 Å². The van der Waals surface area contributed by atoms with Crippen molar-refractivity contribution in [2.75, 3.05) is 4.90 Å². The van der Waals surface area contributed by atoms with E-state index in [4.69, 9.17) is 8.22 Å². The van der Waals surface area contributed by atoms with E-state index in [0.717, 1.165) is 65.7 Å². The van der Waals surface area contributed by atoms with E-state index < -0.39 is 42.3 Å². The molecule has 0 aromatic heterocycles. The first-order valence-electron chi connectivity index (χ1n) is 23.4. The van der Waals surface area contributed by atoms with Crippen LogP contribution in [0.15, 0.2) is 224 Å². The van der Waals surface area contributed by atoms with Crippen LogP contribution in [0.5, 0.6) is 0 Å². The Labute approximate surface area is 345 Å². The zero-order valence-electron chi connectivity index (χ0n) is 39.6.